The Bertz CT molecular complexity index is 1130. The van der Waals surface area contributed by atoms with Crippen molar-refractivity contribution in [1.29, 1.82) is 0 Å². The van der Waals surface area contributed by atoms with E-state index in [1.165, 1.54) is 0 Å². The smallest absolute Gasteiger partial charge is 0.291 e. The van der Waals surface area contributed by atoms with Crippen molar-refractivity contribution in [3.8, 4) is 0 Å². The highest BCUT2D eigenvalue weighted by molar-refractivity contribution is 6.30. The van der Waals surface area contributed by atoms with Gasteiger partial charge in [0.25, 0.3) is 5.91 Å². The Kier molecular flexibility index (Phi) is 6.18. The van der Waals surface area contributed by atoms with Gasteiger partial charge in [-0.25, -0.2) is 5.43 Å². The van der Waals surface area contributed by atoms with Crippen LogP contribution in [0.25, 0.3) is 0 Å². The highest BCUT2D eigenvalue weighted by Gasteiger charge is 2.28. The van der Waals surface area contributed by atoms with E-state index in [-0.39, 0.29) is 24.0 Å². The third-order valence-corrected chi connectivity index (χ3v) is 5.41. The Hall–Kier alpha value is -3.38. The van der Waals surface area contributed by atoms with Crippen molar-refractivity contribution >= 4 is 34.8 Å². The highest BCUT2D eigenvalue weighted by atomic mass is 35.5. The number of nitrogens with zero attached hydrogens (tertiary/aromatic N) is 1. The van der Waals surface area contributed by atoms with Gasteiger partial charge >= 0.3 is 0 Å². The van der Waals surface area contributed by atoms with E-state index in [0.29, 0.717) is 17.1 Å². The molecule has 2 N–H and O–H groups in total. The molecular formula is C24H22ClN3O3. The molecule has 4 rings (SSSR count). The predicted molar refractivity (Wildman–Crippen MR) is 121 cm³/mol. The SMILES string of the molecule is Cc1c(C(=O)Nc2ccc(Cl)cc2)oc2c1/C(=N/NC(=O)Cc1ccccc1)CCC2. The van der Waals surface area contributed by atoms with E-state index in [1.807, 2.05) is 37.3 Å². The zero-order valence-electron chi connectivity index (χ0n) is 17.1. The number of carbonyl (C=O) groups excluding carboxylic acids is 2. The van der Waals surface area contributed by atoms with Gasteiger partial charge in [0.05, 0.1) is 12.1 Å². The van der Waals surface area contributed by atoms with E-state index >= 15 is 0 Å². The Balaban J connectivity index is 1.51. The number of hydrogen-bond donors (Lipinski definition) is 2. The monoisotopic (exact) mass is 435 g/mol. The van der Waals surface area contributed by atoms with Crippen LogP contribution in [-0.4, -0.2) is 17.5 Å². The van der Waals surface area contributed by atoms with Gasteiger partial charge in [-0.05, 0) is 49.6 Å². The minimum Gasteiger partial charge on any atom is -0.455 e. The lowest BCUT2D eigenvalue weighted by Gasteiger charge is -2.13. The number of furan rings is 1. The van der Waals surface area contributed by atoms with Crippen LogP contribution in [0.2, 0.25) is 5.02 Å². The number of nitrogens with one attached hydrogen (secondary N) is 2. The molecule has 158 valence electrons. The molecule has 0 saturated carbocycles. The summed E-state index contributed by atoms with van der Waals surface area (Å²) in [5, 5.41) is 7.78. The summed E-state index contributed by atoms with van der Waals surface area (Å²) >= 11 is 5.90. The van der Waals surface area contributed by atoms with E-state index < -0.39 is 0 Å². The number of aryl methyl sites for hydroxylation is 1. The summed E-state index contributed by atoms with van der Waals surface area (Å²) < 4.78 is 5.90. The van der Waals surface area contributed by atoms with Gasteiger partial charge in [-0.2, -0.15) is 5.10 Å². The molecule has 1 aliphatic rings. The lowest BCUT2D eigenvalue weighted by Crippen LogP contribution is -2.23. The molecule has 2 amide bonds. The molecule has 0 radical (unpaired) electrons. The second kappa shape index (κ2) is 9.18. The van der Waals surface area contributed by atoms with Crippen LogP contribution in [0.5, 0.6) is 0 Å². The maximum absolute atomic E-state index is 12.8. The average Bonchev–Trinajstić information content (AvgIpc) is 3.12. The largest absolute Gasteiger partial charge is 0.455 e. The van der Waals surface area contributed by atoms with Gasteiger partial charge in [-0.15, -0.1) is 0 Å². The summed E-state index contributed by atoms with van der Waals surface area (Å²) in [7, 11) is 0. The molecule has 0 bridgehead atoms. The van der Waals surface area contributed by atoms with Gasteiger partial charge in [0.15, 0.2) is 5.76 Å². The lowest BCUT2D eigenvalue weighted by molar-refractivity contribution is -0.120. The van der Waals surface area contributed by atoms with Crippen LogP contribution in [0.15, 0.2) is 64.1 Å². The minimum atomic E-state index is -0.332. The third kappa shape index (κ3) is 4.86. The van der Waals surface area contributed by atoms with Crippen LogP contribution >= 0.6 is 11.6 Å². The van der Waals surface area contributed by atoms with Gasteiger partial charge in [-0.3, -0.25) is 9.59 Å². The summed E-state index contributed by atoms with van der Waals surface area (Å²) in [5.41, 5.74) is 6.46. The molecule has 1 aromatic heterocycles. The van der Waals surface area contributed by atoms with Gasteiger partial charge in [0.2, 0.25) is 5.91 Å². The fourth-order valence-electron chi connectivity index (χ4n) is 3.67. The van der Waals surface area contributed by atoms with E-state index in [1.54, 1.807) is 24.3 Å². The first-order valence-electron chi connectivity index (χ1n) is 10.1. The summed E-state index contributed by atoms with van der Waals surface area (Å²) in [6.07, 6.45) is 2.52. The maximum atomic E-state index is 12.8. The zero-order valence-corrected chi connectivity index (χ0v) is 17.8. The molecule has 7 heteroatoms. The van der Waals surface area contributed by atoms with Gasteiger partial charge < -0.3 is 9.73 Å². The molecule has 0 aliphatic heterocycles. The van der Waals surface area contributed by atoms with Crippen LogP contribution in [0.4, 0.5) is 5.69 Å². The molecule has 0 atom stereocenters. The van der Waals surface area contributed by atoms with Crippen molar-refractivity contribution in [3.63, 3.8) is 0 Å². The van der Waals surface area contributed by atoms with Crippen molar-refractivity contribution in [1.82, 2.24) is 5.43 Å². The standard InChI is InChI=1S/C24H22ClN3O3/c1-15-22-19(27-28-21(29)14-16-6-3-2-4-7-16)8-5-9-20(22)31-23(15)24(30)26-18-12-10-17(25)11-13-18/h2-4,6-7,10-13H,5,8-9,14H2,1H3,(H,26,30)(H,28,29)/b27-19+. The molecule has 6 nitrogen and oxygen atoms in total. The van der Waals surface area contributed by atoms with Crippen molar-refractivity contribution in [3.05, 3.63) is 87.8 Å². The van der Waals surface area contributed by atoms with Gasteiger partial charge in [-0.1, -0.05) is 41.9 Å². The van der Waals surface area contributed by atoms with Crippen molar-refractivity contribution < 1.29 is 14.0 Å². The number of rotatable bonds is 5. The van der Waals surface area contributed by atoms with Crippen LogP contribution < -0.4 is 10.7 Å². The Morgan fingerprint density at radius 3 is 2.55 bits per heavy atom. The van der Waals surface area contributed by atoms with E-state index in [9.17, 15) is 9.59 Å². The Labute approximate surface area is 185 Å². The summed E-state index contributed by atoms with van der Waals surface area (Å²) in [6, 6.07) is 16.4. The van der Waals surface area contributed by atoms with Crippen LogP contribution in [0, 0.1) is 6.92 Å². The number of fused-ring (bicyclic) bond motifs is 1. The fourth-order valence-corrected chi connectivity index (χ4v) is 3.79. The second-order valence-corrected chi connectivity index (χ2v) is 7.86. The first kappa shape index (κ1) is 20.9. The highest BCUT2D eigenvalue weighted by Crippen LogP contribution is 2.30. The third-order valence-electron chi connectivity index (χ3n) is 5.16. The molecule has 3 aromatic rings. The van der Waals surface area contributed by atoms with Crippen LogP contribution in [-0.2, 0) is 17.6 Å². The van der Waals surface area contributed by atoms with E-state index in [4.69, 9.17) is 16.0 Å². The molecule has 1 aliphatic carbocycles. The molecule has 0 fully saturated rings. The normalized spacial score (nSPS) is 14.2. The van der Waals surface area contributed by atoms with Gasteiger partial charge in [0, 0.05) is 28.3 Å². The van der Waals surface area contributed by atoms with E-state index in [0.717, 1.165) is 41.0 Å². The van der Waals surface area contributed by atoms with Crippen molar-refractivity contribution in [2.75, 3.05) is 5.32 Å². The number of anilines is 1. The lowest BCUT2D eigenvalue weighted by atomic mass is 9.93. The van der Waals surface area contributed by atoms with E-state index in [2.05, 4.69) is 15.8 Å². The number of hydrogen-bond acceptors (Lipinski definition) is 4. The Morgan fingerprint density at radius 2 is 1.81 bits per heavy atom. The molecule has 1 heterocycles. The number of hydrazone groups is 1. The van der Waals surface area contributed by atoms with Gasteiger partial charge in [0.1, 0.15) is 5.76 Å². The fraction of sp³-hybridized carbons (Fsp3) is 0.208. The molecule has 0 spiro atoms. The molecule has 2 aromatic carbocycles. The quantitative estimate of drug-likeness (QED) is 0.559. The Morgan fingerprint density at radius 1 is 1.06 bits per heavy atom. The molecule has 31 heavy (non-hydrogen) atoms. The predicted octanol–water partition coefficient (Wildman–Crippen LogP) is 4.89. The summed E-state index contributed by atoms with van der Waals surface area (Å²) in [6.45, 7) is 1.84. The van der Waals surface area contributed by atoms with Crippen LogP contribution in [0.3, 0.4) is 0 Å². The van der Waals surface area contributed by atoms with Crippen molar-refractivity contribution in [2.24, 2.45) is 5.10 Å². The zero-order chi connectivity index (χ0) is 21.8. The summed E-state index contributed by atoms with van der Waals surface area (Å²) in [4.78, 5) is 25.0. The molecule has 0 unspecified atom stereocenters. The number of amides is 2. The number of benzene rings is 2. The number of carbonyl (C=O) groups is 2. The van der Waals surface area contributed by atoms with Crippen LogP contribution in [0.1, 0.15) is 45.8 Å². The first-order valence-corrected chi connectivity index (χ1v) is 10.5. The van der Waals surface area contributed by atoms with Crippen molar-refractivity contribution in [2.45, 2.75) is 32.6 Å². The number of halogens is 1. The molecular weight excluding hydrogens is 414 g/mol. The molecule has 0 saturated heterocycles. The second-order valence-electron chi connectivity index (χ2n) is 7.42. The first-order chi connectivity index (χ1) is 15.0. The maximum Gasteiger partial charge on any atom is 0.291 e. The topological polar surface area (TPSA) is 83.7 Å². The minimum absolute atomic E-state index is 0.187. The summed E-state index contributed by atoms with van der Waals surface area (Å²) in [5.74, 6) is 0.459. The average molecular weight is 436 g/mol.